The van der Waals surface area contributed by atoms with Crippen LogP contribution in [0.1, 0.15) is 18.5 Å². The highest BCUT2D eigenvalue weighted by Gasteiger charge is 2.17. The first-order chi connectivity index (χ1) is 12.6. The molecule has 0 aliphatic heterocycles. The Morgan fingerprint density at radius 2 is 1.96 bits per heavy atom. The Balaban J connectivity index is 1.72. The molecule has 3 rings (SSSR count). The third kappa shape index (κ3) is 3.61. The number of nitrogens with zero attached hydrogens (tertiary/aromatic N) is 3. The average molecular weight is 350 g/mol. The second-order valence-corrected chi connectivity index (χ2v) is 5.66. The van der Waals surface area contributed by atoms with E-state index < -0.39 is 11.9 Å². The molecule has 0 unspecified atom stereocenters. The third-order valence-electron chi connectivity index (χ3n) is 3.99. The molecule has 26 heavy (non-hydrogen) atoms. The highest BCUT2D eigenvalue weighted by molar-refractivity contribution is 5.84. The zero-order valence-corrected chi connectivity index (χ0v) is 14.4. The summed E-state index contributed by atoms with van der Waals surface area (Å²) in [5.74, 6) is 0.330. The van der Waals surface area contributed by atoms with E-state index in [2.05, 4.69) is 15.5 Å². The number of aromatic nitrogens is 2. The molecule has 1 N–H and O–H groups in total. The predicted octanol–water partition coefficient (Wildman–Crippen LogP) is 2.12. The molecule has 0 bridgehead atoms. The van der Waals surface area contributed by atoms with Gasteiger partial charge in [-0.05, 0) is 48.9 Å². The van der Waals surface area contributed by atoms with Gasteiger partial charge in [0.05, 0.1) is 30.6 Å². The number of hydrogen-bond acceptors (Lipinski definition) is 5. The van der Waals surface area contributed by atoms with Crippen molar-refractivity contribution in [1.82, 2.24) is 15.0 Å². The Bertz CT molecular complexity index is 1010. The molecular formula is C19H18N4O3. The topological polar surface area (TPSA) is 85.6 Å². The molecule has 0 saturated carbocycles. The number of para-hydroxylation sites is 1. The van der Waals surface area contributed by atoms with Gasteiger partial charge in [0.2, 0.25) is 0 Å². The lowest BCUT2D eigenvalue weighted by Crippen LogP contribution is -2.33. The standard InChI is InChI=1S/C19H18N4O3/c1-13(23-12-20-17-6-4-3-5-16(17)19(23)25)18(24)22-21-11-14-7-9-15(26-2)10-8-14/h3-13H,1-2H3,(H,22,24)/b21-11+/t13-/m1/s1. The molecule has 0 saturated heterocycles. The fraction of sp³-hybridized carbons (Fsp3) is 0.158. The van der Waals surface area contributed by atoms with Crippen LogP contribution in [0.4, 0.5) is 0 Å². The van der Waals surface area contributed by atoms with Crippen LogP contribution in [0.25, 0.3) is 10.9 Å². The minimum absolute atomic E-state index is 0.266. The van der Waals surface area contributed by atoms with E-state index in [1.807, 2.05) is 18.2 Å². The largest absolute Gasteiger partial charge is 0.497 e. The minimum atomic E-state index is -0.743. The van der Waals surface area contributed by atoms with E-state index in [1.54, 1.807) is 44.4 Å². The first-order valence-corrected chi connectivity index (χ1v) is 8.03. The van der Waals surface area contributed by atoms with Crippen LogP contribution in [-0.4, -0.2) is 28.8 Å². The smallest absolute Gasteiger partial charge is 0.262 e. The summed E-state index contributed by atoms with van der Waals surface area (Å²) < 4.78 is 6.37. The Hall–Kier alpha value is -3.48. The summed E-state index contributed by atoms with van der Waals surface area (Å²) >= 11 is 0. The van der Waals surface area contributed by atoms with E-state index in [0.717, 1.165) is 11.3 Å². The quantitative estimate of drug-likeness (QED) is 0.564. The molecule has 2 aromatic carbocycles. The molecule has 0 aliphatic carbocycles. The summed E-state index contributed by atoms with van der Waals surface area (Å²) in [6.45, 7) is 1.62. The Morgan fingerprint density at radius 1 is 1.23 bits per heavy atom. The summed E-state index contributed by atoms with van der Waals surface area (Å²) in [4.78, 5) is 29.0. The van der Waals surface area contributed by atoms with Crippen LogP contribution in [0.3, 0.4) is 0 Å². The second kappa shape index (κ2) is 7.60. The lowest BCUT2D eigenvalue weighted by molar-refractivity contribution is -0.123. The van der Waals surface area contributed by atoms with Crippen molar-refractivity contribution in [3.63, 3.8) is 0 Å². The first kappa shape index (κ1) is 17.3. The van der Waals surface area contributed by atoms with Crippen LogP contribution in [0.2, 0.25) is 0 Å². The number of benzene rings is 2. The number of rotatable bonds is 5. The van der Waals surface area contributed by atoms with Gasteiger partial charge in [-0.2, -0.15) is 5.10 Å². The molecule has 0 spiro atoms. The molecule has 0 aliphatic rings. The van der Waals surface area contributed by atoms with Gasteiger partial charge in [0, 0.05) is 0 Å². The maximum atomic E-state index is 12.5. The number of hydrazone groups is 1. The molecule has 3 aromatic rings. The summed E-state index contributed by atoms with van der Waals surface area (Å²) in [6, 6.07) is 13.5. The number of nitrogens with one attached hydrogen (secondary N) is 1. The van der Waals surface area contributed by atoms with Crippen LogP contribution in [0, 0.1) is 0 Å². The van der Waals surface area contributed by atoms with Crippen molar-refractivity contribution in [1.29, 1.82) is 0 Å². The first-order valence-electron chi connectivity index (χ1n) is 8.03. The number of hydrogen-bond donors (Lipinski definition) is 1. The van der Waals surface area contributed by atoms with Gasteiger partial charge in [-0.1, -0.05) is 12.1 Å². The van der Waals surface area contributed by atoms with E-state index in [9.17, 15) is 9.59 Å². The fourth-order valence-corrected chi connectivity index (χ4v) is 2.44. The monoisotopic (exact) mass is 350 g/mol. The fourth-order valence-electron chi connectivity index (χ4n) is 2.44. The molecule has 7 nitrogen and oxygen atoms in total. The van der Waals surface area contributed by atoms with E-state index in [1.165, 1.54) is 17.1 Å². The maximum Gasteiger partial charge on any atom is 0.262 e. The van der Waals surface area contributed by atoms with Crippen LogP contribution in [0.5, 0.6) is 5.75 Å². The molecule has 0 radical (unpaired) electrons. The van der Waals surface area contributed by atoms with Crippen LogP contribution >= 0.6 is 0 Å². The van der Waals surface area contributed by atoms with Crippen molar-refractivity contribution in [3.8, 4) is 5.75 Å². The number of carbonyl (C=O) groups is 1. The summed E-state index contributed by atoms with van der Waals surface area (Å²) in [5, 5.41) is 4.40. The summed E-state index contributed by atoms with van der Waals surface area (Å²) in [5.41, 5.74) is 3.58. The highest BCUT2D eigenvalue weighted by Crippen LogP contribution is 2.10. The van der Waals surface area contributed by atoms with Gasteiger partial charge in [-0.15, -0.1) is 0 Å². The highest BCUT2D eigenvalue weighted by atomic mass is 16.5. The number of methoxy groups -OCH3 is 1. The average Bonchev–Trinajstić information content (AvgIpc) is 2.68. The molecule has 7 heteroatoms. The van der Waals surface area contributed by atoms with Gasteiger partial charge in [-0.25, -0.2) is 10.4 Å². The van der Waals surface area contributed by atoms with Crippen molar-refractivity contribution in [2.24, 2.45) is 5.10 Å². The molecule has 1 aromatic heterocycles. The van der Waals surface area contributed by atoms with E-state index in [4.69, 9.17) is 4.74 Å². The number of carbonyl (C=O) groups excluding carboxylic acids is 1. The minimum Gasteiger partial charge on any atom is -0.497 e. The van der Waals surface area contributed by atoms with Gasteiger partial charge in [0.15, 0.2) is 0 Å². The van der Waals surface area contributed by atoms with Gasteiger partial charge in [0.25, 0.3) is 11.5 Å². The molecule has 0 fully saturated rings. The van der Waals surface area contributed by atoms with E-state index in [-0.39, 0.29) is 5.56 Å². The maximum absolute atomic E-state index is 12.5. The van der Waals surface area contributed by atoms with Crippen molar-refractivity contribution >= 4 is 23.0 Å². The number of ether oxygens (including phenoxy) is 1. The van der Waals surface area contributed by atoms with Gasteiger partial charge in [0.1, 0.15) is 11.8 Å². The SMILES string of the molecule is COc1ccc(/C=N/NC(=O)[C@@H](C)n2cnc3ccccc3c2=O)cc1. The van der Waals surface area contributed by atoms with E-state index >= 15 is 0 Å². The van der Waals surface area contributed by atoms with Gasteiger partial charge in [-0.3, -0.25) is 14.2 Å². The van der Waals surface area contributed by atoms with Crippen LogP contribution in [-0.2, 0) is 4.79 Å². The molecule has 1 atom stereocenters. The zero-order chi connectivity index (χ0) is 18.5. The Labute approximate surface area is 149 Å². The summed E-state index contributed by atoms with van der Waals surface area (Å²) in [6.07, 6.45) is 2.90. The van der Waals surface area contributed by atoms with Crippen molar-refractivity contribution in [2.45, 2.75) is 13.0 Å². The second-order valence-electron chi connectivity index (χ2n) is 5.66. The van der Waals surface area contributed by atoms with Crippen molar-refractivity contribution in [3.05, 3.63) is 70.8 Å². The molecule has 1 heterocycles. The van der Waals surface area contributed by atoms with Crippen molar-refractivity contribution < 1.29 is 9.53 Å². The molecule has 132 valence electrons. The predicted molar refractivity (Wildman–Crippen MR) is 99.4 cm³/mol. The van der Waals surface area contributed by atoms with Crippen LogP contribution in [0.15, 0.2) is 64.8 Å². The number of amides is 1. The van der Waals surface area contributed by atoms with Gasteiger partial charge < -0.3 is 4.74 Å². The zero-order valence-electron chi connectivity index (χ0n) is 14.4. The lowest BCUT2D eigenvalue weighted by Gasteiger charge is -2.13. The van der Waals surface area contributed by atoms with Gasteiger partial charge >= 0.3 is 0 Å². The van der Waals surface area contributed by atoms with E-state index in [0.29, 0.717) is 10.9 Å². The van der Waals surface area contributed by atoms with Crippen molar-refractivity contribution in [2.75, 3.05) is 7.11 Å². The number of fused-ring (bicyclic) bond motifs is 1. The Kier molecular flexibility index (Phi) is 5.07. The Morgan fingerprint density at radius 3 is 2.69 bits per heavy atom. The van der Waals surface area contributed by atoms with Crippen LogP contribution < -0.4 is 15.7 Å². The molecular weight excluding hydrogens is 332 g/mol. The molecule has 1 amide bonds. The third-order valence-corrected chi connectivity index (χ3v) is 3.99. The lowest BCUT2D eigenvalue weighted by atomic mass is 10.2. The summed E-state index contributed by atoms with van der Waals surface area (Å²) in [7, 11) is 1.59. The normalized spacial score (nSPS) is 12.2.